The second-order valence-corrected chi connectivity index (χ2v) is 12.5. The lowest BCUT2D eigenvalue weighted by Crippen LogP contribution is -2.37. The van der Waals surface area contributed by atoms with Crippen LogP contribution < -0.4 is 4.74 Å². The average Bonchev–Trinajstić information content (AvgIpc) is 2.88. The van der Waals surface area contributed by atoms with Gasteiger partial charge in [-0.3, -0.25) is 13.8 Å². The number of unbranched alkanes of at least 4 members (excludes halogenated alkanes) is 7. The predicted octanol–water partition coefficient (Wildman–Crippen LogP) is 5.81. The Morgan fingerprint density at radius 3 is 2.15 bits per heavy atom. The topological polar surface area (TPSA) is 127 Å². The van der Waals surface area contributed by atoms with Gasteiger partial charge in [0.2, 0.25) is 0 Å². The van der Waals surface area contributed by atoms with Crippen LogP contribution in [0.25, 0.3) is 0 Å². The van der Waals surface area contributed by atoms with Crippen molar-refractivity contribution in [1.82, 2.24) is 0 Å². The largest absolute Gasteiger partial charge is 0.513 e. The molecule has 11 nitrogen and oxygen atoms in total. The van der Waals surface area contributed by atoms with Crippen LogP contribution in [0.5, 0.6) is 5.75 Å². The summed E-state index contributed by atoms with van der Waals surface area (Å²) in [5, 5.41) is 0. The van der Waals surface area contributed by atoms with Crippen LogP contribution in [-0.2, 0) is 32.6 Å². The molecular formula is C29H51NO10P+. The fraction of sp³-hybridized carbons (Fsp3) is 0.724. The second-order valence-electron chi connectivity index (χ2n) is 11.0. The molecular weight excluding hydrogens is 553 g/mol. The van der Waals surface area contributed by atoms with Crippen molar-refractivity contribution in [2.24, 2.45) is 0 Å². The van der Waals surface area contributed by atoms with E-state index in [-0.39, 0.29) is 26.2 Å². The molecule has 236 valence electrons. The molecule has 1 unspecified atom stereocenters. The van der Waals surface area contributed by atoms with Gasteiger partial charge in [-0.05, 0) is 25.5 Å². The Morgan fingerprint density at radius 1 is 0.878 bits per heavy atom. The van der Waals surface area contributed by atoms with Crippen LogP contribution in [0.15, 0.2) is 24.3 Å². The lowest BCUT2D eigenvalue weighted by Gasteiger charge is -2.24. The van der Waals surface area contributed by atoms with E-state index in [1.165, 1.54) is 32.1 Å². The van der Waals surface area contributed by atoms with Gasteiger partial charge in [-0.2, -0.15) is 0 Å². The van der Waals surface area contributed by atoms with Crippen LogP contribution in [0.1, 0.15) is 70.3 Å². The molecule has 12 heteroatoms. The number of hydrogen-bond acceptors (Lipinski definition) is 9. The van der Waals surface area contributed by atoms with Gasteiger partial charge in [0, 0.05) is 6.61 Å². The maximum Gasteiger partial charge on any atom is 0.513 e. The zero-order valence-corrected chi connectivity index (χ0v) is 26.4. The van der Waals surface area contributed by atoms with E-state index in [0.29, 0.717) is 23.4 Å². The number of hydrogen-bond donors (Lipinski definition) is 1. The third-order valence-electron chi connectivity index (χ3n) is 5.93. The number of ether oxygens (including phenoxy) is 4. The number of quaternary nitrogens is 1. The summed E-state index contributed by atoms with van der Waals surface area (Å²) in [7, 11) is 1.43. The molecule has 0 aliphatic carbocycles. The molecule has 0 bridgehead atoms. The Morgan fingerprint density at radius 2 is 1.51 bits per heavy atom. The minimum absolute atomic E-state index is 0.0164. The summed E-state index contributed by atoms with van der Waals surface area (Å²) in [6.45, 7) is 4.43. The number of carbonyl (C=O) groups excluding carboxylic acids is 2. The number of rotatable bonds is 23. The lowest BCUT2D eigenvalue weighted by molar-refractivity contribution is -0.870. The molecule has 0 radical (unpaired) electrons. The number of esters is 1. The van der Waals surface area contributed by atoms with Gasteiger partial charge in [0.15, 0.2) is 0 Å². The Balaban J connectivity index is 2.46. The van der Waals surface area contributed by atoms with Gasteiger partial charge in [-0.1, -0.05) is 69.6 Å². The first kappa shape index (κ1) is 37.0. The fourth-order valence-electron chi connectivity index (χ4n) is 3.51. The highest BCUT2D eigenvalue weighted by molar-refractivity contribution is 7.47. The summed E-state index contributed by atoms with van der Waals surface area (Å²) >= 11 is 0. The van der Waals surface area contributed by atoms with E-state index in [2.05, 4.69) is 6.92 Å². The number of likely N-dealkylation sites (N-methyl/N-ethyl adjacent to an activating group) is 1. The minimum atomic E-state index is -4.36. The number of carbonyl (C=O) groups is 2. The Hall–Kier alpha value is -2.01. The van der Waals surface area contributed by atoms with Crippen LogP contribution in [-0.4, -0.2) is 88.3 Å². The van der Waals surface area contributed by atoms with Gasteiger partial charge in [0.05, 0.1) is 40.8 Å². The van der Waals surface area contributed by atoms with Gasteiger partial charge in [0.1, 0.15) is 31.6 Å². The Labute approximate surface area is 245 Å². The number of phosphoric acid groups is 1. The van der Waals surface area contributed by atoms with E-state index in [1.54, 1.807) is 24.3 Å². The van der Waals surface area contributed by atoms with Crippen molar-refractivity contribution in [3.8, 4) is 5.75 Å². The van der Waals surface area contributed by atoms with Gasteiger partial charge < -0.3 is 28.3 Å². The maximum atomic E-state index is 12.4. The molecule has 1 N–H and O–H groups in total. The first-order valence-electron chi connectivity index (χ1n) is 14.5. The number of phosphoric ester groups is 1. The van der Waals surface area contributed by atoms with Gasteiger partial charge in [-0.15, -0.1) is 0 Å². The second kappa shape index (κ2) is 20.8. The molecule has 1 aromatic carbocycles. The summed E-state index contributed by atoms with van der Waals surface area (Å²) in [6.07, 6.45) is 7.13. The normalized spacial score (nSPS) is 13.8. The summed E-state index contributed by atoms with van der Waals surface area (Å²) in [4.78, 5) is 34.3. The standard InChI is InChI=1S/C29H50NO10P/c1-6-7-8-9-10-11-12-13-20-35-23-27(24-38-41(33,34)37-22-19-30(3,4)5)39-28(31)18-21-36-29(32)40-26-16-14-25(2)15-17-26/h14-17,27H,6-13,18-24H2,1-5H3/p+1/t27-/m1/s1. The highest BCUT2D eigenvalue weighted by Gasteiger charge is 2.26. The molecule has 1 rings (SSSR count). The maximum absolute atomic E-state index is 12.4. The molecule has 0 aromatic heterocycles. The van der Waals surface area contributed by atoms with E-state index in [4.69, 9.17) is 28.0 Å². The predicted molar refractivity (Wildman–Crippen MR) is 156 cm³/mol. The summed E-state index contributed by atoms with van der Waals surface area (Å²) in [5.74, 6) is -0.359. The smallest absolute Gasteiger partial charge is 0.457 e. The zero-order chi connectivity index (χ0) is 30.6. The Bertz CT molecular complexity index is 904. The van der Waals surface area contributed by atoms with Gasteiger partial charge in [-0.25, -0.2) is 9.36 Å². The lowest BCUT2D eigenvalue weighted by atomic mass is 10.1. The van der Waals surface area contributed by atoms with Crippen LogP contribution >= 0.6 is 7.82 Å². The summed E-state index contributed by atoms with van der Waals surface area (Å²) in [5.41, 5.74) is 1.02. The molecule has 0 amide bonds. The van der Waals surface area contributed by atoms with E-state index in [1.807, 2.05) is 28.1 Å². The van der Waals surface area contributed by atoms with Crippen molar-refractivity contribution in [1.29, 1.82) is 0 Å². The summed E-state index contributed by atoms with van der Waals surface area (Å²) < 4.78 is 44.0. The van der Waals surface area contributed by atoms with E-state index in [0.717, 1.165) is 24.8 Å². The molecule has 2 atom stereocenters. The highest BCUT2D eigenvalue weighted by atomic mass is 31.2. The molecule has 1 aromatic rings. The van der Waals surface area contributed by atoms with Crippen molar-refractivity contribution < 1.29 is 51.5 Å². The number of nitrogens with zero attached hydrogens (tertiary/aromatic N) is 1. The molecule has 0 fully saturated rings. The third kappa shape index (κ3) is 21.4. The highest BCUT2D eigenvalue weighted by Crippen LogP contribution is 2.43. The Kier molecular flexibility index (Phi) is 18.8. The molecule has 0 aliphatic rings. The van der Waals surface area contributed by atoms with Crippen molar-refractivity contribution in [2.75, 3.05) is 60.7 Å². The SMILES string of the molecule is CCCCCCCCCCOC[C@H](COP(=O)(O)OCC[N+](C)(C)C)OC(=O)CCOC(=O)Oc1ccc(C)cc1. The average molecular weight is 605 g/mol. The van der Waals surface area contributed by atoms with Crippen LogP contribution in [0, 0.1) is 6.92 Å². The number of aryl methyl sites for hydroxylation is 1. The van der Waals surface area contributed by atoms with Crippen molar-refractivity contribution in [3.63, 3.8) is 0 Å². The minimum Gasteiger partial charge on any atom is -0.457 e. The molecule has 0 heterocycles. The third-order valence-corrected chi connectivity index (χ3v) is 6.92. The quantitative estimate of drug-likeness (QED) is 0.0538. The van der Waals surface area contributed by atoms with Crippen LogP contribution in [0.3, 0.4) is 0 Å². The monoisotopic (exact) mass is 604 g/mol. The molecule has 41 heavy (non-hydrogen) atoms. The summed E-state index contributed by atoms with van der Waals surface area (Å²) in [6, 6.07) is 6.85. The fourth-order valence-corrected chi connectivity index (χ4v) is 4.25. The number of benzene rings is 1. The zero-order valence-electron chi connectivity index (χ0n) is 25.5. The van der Waals surface area contributed by atoms with Gasteiger partial charge >= 0.3 is 19.9 Å². The molecule has 0 aliphatic heterocycles. The van der Waals surface area contributed by atoms with Crippen LogP contribution in [0.4, 0.5) is 4.79 Å². The van der Waals surface area contributed by atoms with Gasteiger partial charge in [0.25, 0.3) is 0 Å². The molecule has 0 saturated carbocycles. The first-order chi connectivity index (χ1) is 19.4. The van der Waals surface area contributed by atoms with Crippen molar-refractivity contribution >= 4 is 19.9 Å². The van der Waals surface area contributed by atoms with E-state index < -0.39 is 32.7 Å². The van der Waals surface area contributed by atoms with Crippen molar-refractivity contribution in [3.05, 3.63) is 29.8 Å². The van der Waals surface area contributed by atoms with Crippen molar-refractivity contribution in [2.45, 2.75) is 77.7 Å². The van der Waals surface area contributed by atoms with E-state index in [9.17, 15) is 19.0 Å². The molecule has 0 saturated heterocycles. The first-order valence-corrected chi connectivity index (χ1v) is 16.0. The van der Waals surface area contributed by atoms with E-state index >= 15 is 0 Å². The molecule has 0 spiro atoms. The van der Waals surface area contributed by atoms with Crippen LogP contribution in [0.2, 0.25) is 0 Å².